The summed E-state index contributed by atoms with van der Waals surface area (Å²) in [6, 6.07) is 0. The van der Waals surface area contributed by atoms with Crippen molar-refractivity contribution in [3.8, 4) is 0 Å². The molecule has 1 unspecified atom stereocenters. The van der Waals surface area contributed by atoms with E-state index in [-0.39, 0.29) is 18.8 Å². The summed E-state index contributed by atoms with van der Waals surface area (Å²) < 4.78 is 39.6. The summed E-state index contributed by atoms with van der Waals surface area (Å²) >= 11 is 0. The van der Waals surface area contributed by atoms with Gasteiger partial charge in [-0.15, -0.1) is 0 Å². The summed E-state index contributed by atoms with van der Waals surface area (Å²) in [6.07, 6.45) is 1.11. The van der Waals surface area contributed by atoms with Crippen LogP contribution in [0.25, 0.3) is 0 Å². The maximum atomic E-state index is 12.4. The zero-order chi connectivity index (χ0) is 11.0. The normalized spacial score (nSPS) is 24.9. The van der Waals surface area contributed by atoms with Crippen molar-refractivity contribution >= 4 is 17.2 Å². The monoisotopic (exact) mass is 223 g/mol. The van der Waals surface area contributed by atoms with Crippen LogP contribution in [0.2, 0.25) is 0 Å². The molecule has 1 aliphatic carbocycles. The fraction of sp³-hybridized carbons (Fsp3) is 0.889. The molecular formula is C9H15F2NOS. The summed E-state index contributed by atoms with van der Waals surface area (Å²) in [6.45, 7) is 5.40. The van der Waals surface area contributed by atoms with Crippen molar-refractivity contribution in [2.24, 2.45) is 10.3 Å². The molecule has 1 saturated carbocycles. The van der Waals surface area contributed by atoms with Crippen LogP contribution in [0.15, 0.2) is 4.40 Å². The van der Waals surface area contributed by atoms with E-state index in [0.717, 1.165) is 0 Å². The van der Waals surface area contributed by atoms with Gasteiger partial charge in [-0.1, -0.05) is 0 Å². The van der Waals surface area contributed by atoms with Gasteiger partial charge in [-0.25, -0.2) is 13.0 Å². The van der Waals surface area contributed by atoms with E-state index in [1.54, 1.807) is 20.8 Å². The maximum Gasteiger partial charge on any atom is 0.249 e. The second kappa shape index (κ2) is 3.68. The minimum Gasteiger partial charge on any atom is -0.234 e. The molecule has 0 bridgehead atoms. The number of hydrogen-bond acceptors (Lipinski definition) is 1. The molecule has 0 amide bonds. The average molecular weight is 223 g/mol. The summed E-state index contributed by atoms with van der Waals surface area (Å²) in [5.74, 6) is -2.73. The Morgan fingerprint density at radius 1 is 1.43 bits per heavy atom. The first-order valence-corrected chi connectivity index (χ1v) is 5.65. The first kappa shape index (κ1) is 11.8. The van der Waals surface area contributed by atoms with Crippen molar-refractivity contribution in [2.75, 3.05) is 0 Å². The predicted octanol–water partition coefficient (Wildman–Crippen LogP) is 2.56. The molecule has 0 aromatic carbocycles. The standard InChI is InChI=1S/C9H15F2NOS/c1-8(2,3)14(13)12-6-7-4-9(10,11)5-7/h6-7H,4-5H2,1-3H3/b12-6-. The molecule has 1 rings (SSSR count). The molecule has 2 nitrogen and oxygen atoms in total. The van der Waals surface area contributed by atoms with Crippen LogP contribution in [-0.4, -0.2) is 21.1 Å². The molecule has 0 saturated heterocycles. The number of rotatable bonds is 2. The van der Waals surface area contributed by atoms with Gasteiger partial charge in [-0.05, 0) is 20.8 Å². The number of halogens is 2. The Balaban J connectivity index is 2.40. The predicted molar refractivity (Wildman–Crippen MR) is 54.1 cm³/mol. The zero-order valence-electron chi connectivity index (χ0n) is 8.59. The lowest BCUT2D eigenvalue weighted by molar-refractivity contribution is -0.0896. The maximum absolute atomic E-state index is 12.4. The van der Waals surface area contributed by atoms with Gasteiger partial charge in [-0.3, -0.25) is 0 Å². The molecule has 1 atom stereocenters. The van der Waals surface area contributed by atoms with Gasteiger partial charge in [0, 0.05) is 25.0 Å². The van der Waals surface area contributed by atoms with Gasteiger partial charge >= 0.3 is 0 Å². The fourth-order valence-electron chi connectivity index (χ4n) is 1.11. The minimum atomic E-state index is -2.53. The zero-order valence-corrected chi connectivity index (χ0v) is 9.41. The van der Waals surface area contributed by atoms with Crippen LogP contribution < -0.4 is 0 Å². The highest BCUT2D eigenvalue weighted by atomic mass is 32.2. The molecule has 5 heteroatoms. The SMILES string of the molecule is CC(C)(C)S(=O)/N=C\C1CC(F)(F)C1. The highest BCUT2D eigenvalue weighted by Gasteiger charge is 2.44. The van der Waals surface area contributed by atoms with Crippen LogP contribution in [0.5, 0.6) is 0 Å². The van der Waals surface area contributed by atoms with Crippen molar-refractivity contribution in [2.45, 2.75) is 44.3 Å². The molecule has 0 aliphatic heterocycles. The topological polar surface area (TPSA) is 29.4 Å². The molecule has 1 aliphatic rings. The second-order valence-electron chi connectivity index (χ2n) is 4.64. The molecule has 0 aromatic heterocycles. The molecule has 0 spiro atoms. The Kier molecular flexibility index (Phi) is 3.09. The Morgan fingerprint density at radius 3 is 2.29 bits per heavy atom. The first-order chi connectivity index (χ1) is 6.21. The quantitative estimate of drug-likeness (QED) is 0.661. The van der Waals surface area contributed by atoms with Crippen LogP contribution in [0.1, 0.15) is 33.6 Å². The van der Waals surface area contributed by atoms with Gasteiger partial charge in [0.15, 0.2) is 0 Å². The van der Waals surface area contributed by atoms with Crippen molar-refractivity contribution in [1.29, 1.82) is 0 Å². The molecule has 1 fully saturated rings. The minimum absolute atomic E-state index is 0.155. The third-order valence-corrected chi connectivity index (χ3v) is 3.37. The third kappa shape index (κ3) is 3.12. The molecule has 14 heavy (non-hydrogen) atoms. The van der Waals surface area contributed by atoms with E-state index >= 15 is 0 Å². The third-order valence-electron chi connectivity index (χ3n) is 2.01. The lowest BCUT2D eigenvalue weighted by Crippen LogP contribution is -2.36. The fourth-order valence-corrected chi connectivity index (χ4v) is 1.71. The summed E-state index contributed by atoms with van der Waals surface area (Å²) in [5, 5.41) is 0. The van der Waals surface area contributed by atoms with Gasteiger partial charge in [0.05, 0.1) is 4.75 Å². The Morgan fingerprint density at radius 2 is 1.93 bits per heavy atom. The van der Waals surface area contributed by atoms with Crippen molar-refractivity contribution in [3.63, 3.8) is 0 Å². The molecule has 0 heterocycles. The van der Waals surface area contributed by atoms with Crippen LogP contribution >= 0.6 is 0 Å². The summed E-state index contributed by atoms with van der Waals surface area (Å²) in [5.41, 5.74) is 0. The van der Waals surface area contributed by atoms with Crippen molar-refractivity contribution in [3.05, 3.63) is 0 Å². The van der Waals surface area contributed by atoms with Crippen LogP contribution in [0, 0.1) is 5.92 Å². The molecular weight excluding hydrogens is 208 g/mol. The first-order valence-electron chi connectivity index (χ1n) is 4.55. The van der Waals surface area contributed by atoms with E-state index in [1.807, 2.05) is 0 Å². The second-order valence-corrected chi connectivity index (χ2v) is 6.57. The van der Waals surface area contributed by atoms with E-state index in [0.29, 0.717) is 0 Å². The Hall–Kier alpha value is -0.320. The highest BCUT2D eigenvalue weighted by molar-refractivity contribution is 7.85. The lowest BCUT2D eigenvalue weighted by atomic mass is 9.82. The smallest absolute Gasteiger partial charge is 0.234 e. The van der Waals surface area contributed by atoms with E-state index in [1.165, 1.54) is 6.21 Å². The molecule has 0 aromatic rings. The Labute approximate surface area is 85.4 Å². The molecule has 0 radical (unpaired) electrons. The molecule has 0 N–H and O–H groups in total. The average Bonchev–Trinajstić information content (AvgIpc) is 1.93. The van der Waals surface area contributed by atoms with E-state index < -0.39 is 21.7 Å². The largest absolute Gasteiger partial charge is 0.249 e. The van der Waals surface area contributed by atoms with Crippen LogP contribution in [-0.2, 0) is 11.0 Å². The summed E-state index contributed by atoms with van der Waals surface area (Å²) in [4.78, 5) is 0. The lowest BCUT2D eigenvalue weighted by Gasteiger charge is -2.32. The van der Waals surface area contributed by atoms with Crippen molar-refractivity contribution < 1.29 is 13.0 Å². The number of alkyl halides is 2. The van der Waals surface area contributed by atoms with Gasteiger partial charge in [-0.2, -0.15) is 4.40 Å². The van der Waals surface area contributed by atoms with Gasteiger partial charge in [0.25, 0.3) is 0 Å². The van der Waals surface area contributed by atoms with E-state index in [2.05, 4.69) is 4.40 Å². The van der Waals surface area contributed by atoms with Gasteiger partial charge in [0.2, 0.25) is 5.92 Å². The summed E-state index contributed by atoms with van der Waals surface area (Å²) in [7, 11) is -1.33. The molecule has 82 valence electrons. The van der Waals surface area contributed by atoms with E-state index in [9.17, 15) is 13.0 Å². The van der Waals surface area contributed by atoms with Crippen LogP contribution in [0.3, 0.4) is 0 Å². The van der Waals surface area contributed by atoms with Crippen LogP contribution in [0.4, 0.5) is 8.78 Å². The Bertz CT molecular complexity index is 262. The highest BCUT2D eigenvalue weighted by Crippen LogP contribution is 2.41. The van der Waals surface area contributed by atoms with Gasteiger partial charge < -0.3 is 0 Å². The van der Waals surface area contributed by atoms with Crippen molar-refractivity contribution in [1.82, 2.24) is 0 Å². The van der Waals surface area contributed by atoms with E-state index in [4.69, 9.17) is 0 Å². The van der Waals surface area contributed by atoms with Gasteiger partial charge in [0.1, 0.15) is 11.0 Å². The number of hydrogen-bond donors (Lipinski definition) is 0. The number of nitrogens with zero attached hydrogens (tertiary/aromatic N) is 1.